The van der Waals surface area contributed by atoms with Crippen LogP contribution in [-0.2, 0) is 9.53 Å². The Bertz CT molecular complexity index is 255. The zero-order valence-corrected chi connectivity index (χ0v) is 10.5. The SMILES string of the molecule is COC(=O)C1(CN(C)C2CCCC2)CCC1. The van der Waals surface area contributed by atoms with E-state index >= 15 is 0 Å². The fraction of sp³-hybridized carbons (Fsp3) is 0.923. The standard InChI is InChI=1S/C13H23NO2/c1-14(11-6-3-4-7-11)10-13(8-5-9-13)12(15)16-2/h11H,3-10H2,1-2H3. The fourth-order valence-electron chi connectivity index (χ4n) is 3.20. The number of hydrogen-bond acceptors (Lipinski definition) is 3. The quantitative estimate of drug-likeness (QED) is 0.687. The molecular formula is C13H23NO2. The lowest BCUT2D eigenvalue weighted by atomic mass is 9.68. The number of rotatable bonds is 4. The summed E-state index contributed by atoms with van der Waals surface area (Å²) in [6, 6.07) is 0.696. The molecule has 2 rings (SSSR count). The molecule has 16 heavy (non-hydrogen) atoms. The highest BCUT2D eigenvalue weighted by molar-refractivity contribution is 5.78. The van der Waals surface area contributed by atoms with Crippen LogP contribution in [0.15, 0.2) is 0 Å². The van der Waals surface area contributed by atoms with Crippen LogP contribution in [0.2, 0.25) is 0 Å². The molecule has 3 heteroatoms. The fourth-order valence-corrected chi connectivity index (χ4v) is 3.20. The van der Waals surface area contributed by atoms with Gasteiger partial charge in [-0.15, -0.1) is 0 Å². The summed E-state index contributed by atoms with van der Waals surface area (Å²) in [7, 11) is 3.68. The van der Waals surface area contributed by atoms with Crippen molar-refractivity contribution in [2.45, 2.75) is 51.0 Å². The zero-order valence-electron chi connectivity index (χ0n) is 10.5. The average Bonchev–Trinajstić information content (AvgIpc) is 2.75. The Balaban J connectivity index is 1.93. The highest BCUT2D eigenvalue weighted by atomic mass is 16.5. The molecule has 0 amide bonds. The minimum atomic E-state index is -0.175. The van der Waals surface area contributed by atoms with Gasteiger partial charge in [0.25, 0.3) is 0 Å². The summed E-state index contributed by atoms with van der Waals surface area (Å²) in [5, 5.41) is 0. The monoisotopic (exact) mass is 225 g/mol. The molecule has 0 spiro atoms. The van der Waals surface area contributed by atoms with Crippen LogP contribution >= 0.6 is 0 Å². The van der Waals surface area contributed by atoms with Crippen molar-refractivity contribution in [2.24, 2.45) is 5.41 Å². The van der Waals surface area contributed by atoms with E-state index in [1.54, 1.807) is 0 Å². The lowest BCUT2D eigenvalue weighted by Gasteiger charge is -2.42. The molecule has 92 valence electrons. The van der Waals surface area contributed by atoms with Gasteiger partial charge in [0.05, 0.1) is 12.5 Å². The predicted molar refractivity (Wildman–Crippen MR) is 63.2 cm³/mol. The molecule has 0 bridgehead atoms. The lowest BCUT2D eigenvalue weighted by Crippen LogP contribution is -2.49. The summed E-state index contributed by atoms with van der Waals surface area (Å²) in [5.74, 6) is 0.00333. The van der Waals surface area contributed by atoms with E-state index < -0.39 is 0 Å². The second kappa shape index (κ2) is 4.74. The van der Waals surface area contributed by atoms with E-state index in [0.29, 0.717) is 6.04 Å². The normalized spacial score (nSPS) is 24.4. The van der Waals surface area contributed by atoms with Gasteiger partial charge in [0.1, 0.15) is 0 Å². The van der Waals surface area contributed by atoms with Gasteiger partial charge in [0.2, 0.25) is 0 Å². The van der Waals surface area contributed by atoms with Crippen molar-refractivity contribution < 1.29 is 9.53 Å². The van der Waals surface area contributed by atoms with E-state index in [2.05, 4.69) is 11.9 Å². The van der Waals surface area contributed by atoms with Crippen molar-refractivity contribution in [1.29, 1.82) is 0 Å². The topological polar surface area (TPSA) is 29.5 Å². The first kappa shape index (κ1) is 11.9. The van der Waals surface area contributed by atoms with Crippen LogP contribution in [0.1, 0.15) is 44.9 Å². The molecule has 2 aliphatic rings. The summed E-state index contributed by atoms with van der Waals surface area (Å²) in [4.78, 5) is 14.2. The molecule has 0 radical (unpaired) electrons. The van der Waals surface area contributed by atoms with Crippen LogP contribution in [0, 0.1) is 5.41 Å². The first-order valence-corrected chi connectivity index (χ1v) is 6.47. The highest BCUT2D eigenvalue weighted by Gasteiger charge is 2.46. The Morgan fingerprint density at radius 3 is 2.38 bits per heavy atom. The van der Waals surface area contributed by atoms with Crippen LogP contribution in [0.3, 0.4) is 0 Å². The molecule has 0 unspecified atom stereocenters. The Hall–Kier alpha value is -0.570. The largest absolute Gasteiger partial charge is 0.469 e. The number of carbonyl (C=O) groups is 1. The van der Waals surface area contributed by atoms with Crippen LogP contribution < -0.4 is 0 Å². The predicted octanol–water partition coefficient (Wildman–Crippen LogP) is 2.20. The van der Waals surface area contributed by atoms with Gasteiger partial charge in [-0.25, -0.2) is 0 Å². The Morgan fingerprint density at radius 2 is 1.94 bits per heavy atom. The Kier molecular flexibility index (Phi) is 3.53. The minimum Gasteiger partial charge on any atom is -0.469 e. The molecule has 0 N–H and O–H groups in total. The maximum Gasteiger partial charge on any atom is 0.313 e. The molecule has 2 aliphatic carbocycles. The third-order valence-electron chi connectivity index (χ3n) is 4.43. The van der Waals surface area contributed by atoms with Gasteiger partial charge in [-0.3, -0.25) is 4.79 Å². The maximum atomic E-state index is 11.8. The molecule has 0 aromatic heterocycles. The smallest absolute Gasteiger partial charge is 0.313 e. The third-order valence-corrected chi connectivity index (χ3v) is 4.43. The minimum absolute atomic E-state index is 0.00333. The maximum absolute atomic E-state index is 11.8. The first-order valence-electron chi connectivity index (χ1n) is 6.47. The number of hydrogen-bond donors (Lipinski definition) is 0. The van der Waals surface area contributed by atoms with Gasteiger partial charge in [0.15, 0.2) is 0 Å². The van der Waals surface area contributed by atoms with Crippen LogP contribution in [0.5, 0.6) is 0 Å². The molecular weight excluding hydrogens is 202 g/mol. The van der Waals surface area contributed by atoms with Gasteiger partial charge in [-0.1, -0.05) is 19.3 Å². The van der Waals surface area contributed by atoms with Crippen molar-refractivity contribution in [3.63, 3.8) is 0 Å². The van der Waals surface area contributed by atoms with Gasteiger partial charge >= 0.3 is 5.97 Å². The van der Waals surface area contributed by atoms with Gasteiger partial charge in [-0.2, -0.15) is 0 Å². The van der Waals surface area contributed by atoms with E-state index in [-0.39, 0.29) is 11.4 Å². The number of nitrogens with zero attached hydrogens (tertiary/aromatic N) is 1. The number of methoxy groups -OCH3 is 1. The number of esters is 1. The summed E-state index contributed by atoms with van der Waals surface area (Å²) in [5.41, 5.74) is -0.175. The molecule has 0 aromatic rings. The molecule has 0 saturated heterocycles. The lowest BCUT2D eigenvalue weighted by molar-refractivity contribution is -0.160. The van der Waals surface area contributed by atoms with Gasteiger partial charge in [0, 0.05) is 12.6 Å². The van der Waals surface area contributed by atoms with Gasteiger partial charge in [-0.05, 0) is 32.7 Å². The second-order valence-electron chi connectivity index (χ2n) is 5.48. The Morgan fingerprint density at radius 1 is 1.31 bits per heavy atom. The average molecular weight is 225 g/mol. The molecule has 0 heterocycles. The van der Waals surface area contributed by atoms with Crippen LogP contribution in [-0.4, -0.2) is 37.6 Å². The summed E-state index contributed by atoms with van der Waals surface area (Å²) in [6.45, 7) is 0.893. The molecule has 2 fully saturated rings. The molecule has 2 saturated carbocycles. The van der Waals surface area contributed by atoms with E-state index in [4.69, 9.17) is 4.74 Å². The second-order valence-corrected chi connectivity index (χ2v) is 5.48. The summed E-state index contributed by atoms with van der Waals surface area (Å²) in [6.07, 6.45) is 8.49. The van der Waals surface area contributed by atoms with Crippen molar-refractivity contribution in [2.75, 3.05) is 20.7 Å². The molecule has 0 aliphatic heterocycles. The van der Waals surface area contributed by atoms with Crippen molar-refractivity contribution >= 4 is 5.97 Å². The van der Waals surface area contributed by atoms with Crippen molar-refractivity contribution in [3.05, 3.63) is 0 Å². The van der Waals surface area contributed by atoms with E-state index in [1.807, 2.05) is 0 Å². The number of carbonyl (C=O) groups excluding carboxylic acids is 1. The highest BCUT2D eigenvalue weighted by Crippen LogP contribution is 2.43. The molecule has 0 aromatic carbocycles. The van der Waals surface area contributed by atoms with Gasteiger partial charge < -0.3 is 9.64 Å². The van der Waals surface area contributed by atoms with Crippen LogP contribution in [0.4, 0.5) is 0 Å². The zero-order chi connectivity index (χ0) is 11.6. The van der Waals surface area contributed by atoms with Crippen molar-refractivity contribution in [3.8, 4) is 0 Å². The van der Waals surface area contributed by atoms with Crippen molar-refractivity contribution in [1.82, 2.24) is 4.90 Å². The third kappa shape index (κ3) is 2.10. The first-order chi connectivity index (χ1) is 7.68. The number of ether oxygens (including phenoxy) is 1. The van der Waals surface area contributed by atoms with E-state index in [9.17, 15) is 4.79 Å². The van der Waals surface area contributed by atoms with Crippen LogP contribution in [0.25, 0.3) is 0 Å². The van der Waals surface area contributed by atoms with E-state index in [1.165, 1.54) is 39.2 Å². The molecule has 0 atom stereocenters. The molecule has 3 nitrogen and oxygen atoms in total. The van der Waals surface area contributed by atoms with E-state index in [0.717, 1.165) is 19.4 Å². The Labute approximate surface area is 98.1 Å². The summed E-state index contributed by atoms with van der Waals surface area (Å²) >= 11 is 0. The summed E-state index contributed by atoms with van der Waals surface area (Å²) < 4.78 is 4.96.